The number of para-hydroxylation sites is 1. The number of piperidine rings is 1. The van der Waals surface area contributed by atoms with Gasteiger partial charge in [-0.1, -0.05) is 18.2 Å². The topological polar surface area (TPSA) is 49.9 Å². The minimum absolute atomic E-state index is 0.180. The van der Waals surface area contributed by atoms with Gasteiger partial charge in [0.15, 0.2) is 0 Å². The molecular formula is C23H32N2O3. The molecule has 1 aromatic carbocycles. The van der Waals surface area contributed by atoms with E-state index in [2.05, 4.69) is 4.90 Å². The number of benzene rings is 1. The zero-order chi connectivity index (χ0) is 19.6. The van der Waals surface area contributed by atoms with Gasteiger partial charge in [-0.2, -0.15) is 0 Å². The predicted molar refractivity (Wildman–Crippen MR) is 108 cm³/mol. The lowest BCUT2D eigenvalue weighted by Crippen LogP contribution is -2.44. The van der Waals surface area contributed by atoms with E-state index in [0.717, 1.165) is 69.1 Å². The number of nitrogens with zero attached hydrogens (tertiary/aromatic N) is 2. The number of likely N-dealkylation sites (tertiary alicyclic amines) is 2. The summed E-state index contributed by atoms with van der Waals surface area (Å²) in [5.74, 6) is 2.06. The molecule has 0 atom stereocenters. The maximum absolute atomic E-state index is 12.8. The lowest BCUT2D eigenvalue weighted by atomic mass is 9.73. The molecule has 0 radical (unpaired) electrons. The van der Waals surface area contributed by atoms with Crippen molar-refractivity contribution in [1.82, 2.24) is 9.80 Å². The second-order valence-corrected chi connectivity index (χ2v) is 8.90. The Morgan fingerprint density at radius 2 is 1.82 bits per heavy atom. The van der Waals surface area contributed by atoms with E-state index < -0.39 is 0 Å². The van der Waals surface area contributed by atoms with Gasteiger partial charge in [0.1, 0.15) is 5.75 Å². The first-order valence-corrected chi connectivity index (χ1v) is 10.8. The Morgan fingerprint density at radius 3 is 2.54 bits per heavy atom. The fraction of sp³-hybridized carbons (Fsp3) is 0.652. The summed E-state index contributed by atoms with van der Waals surface area (Å²) in [5, 5.41) is 0. The Balaban J connectivity index is 1.32. The molecule has 1 saturated carbocycles. The number of methoxy groups -OCH3 is 1. The Morgan fingerprint density at radius 1 is 1.11 bits per heavy atom. The van der Waals surface area contributed by atoms with E-state index in [4.69, 9.17) is 4.74 Å². The quantitative estimate of drug-likeness (QED) is 0.783. The molecule has 2 saturated heterocycles. The largest absolute Gasteiger partial charge is 0.496 e. The van der Waals surface area contributed by atoms with E-state index in [9.17, 15) is 9.59 Å². The molecule has 2 amide bonds. The minimum Gasteiger partial charge on any atom is -0.496 e. The maximum atomic E-state index is 12.8. The van der Waals surface area contributed by atoms with Crippen molar-refractivity contribution < 1.29 is 14.3 Å². The molecule has 1 spiro atoms. The Bertz CT molecular complexity index is 720. The molecule has 0 aromatic heterocycles. The fourth-order valence-electron chi connectivity index (χ4n) is 4.81. The number of ether oxygens (including phenoxy) is 1. The molecule has 3 aliphatic rings. The van der Waals surface area contributed by atoms with Crippen molar-refractivity contribution in [1.29, 1.82) is 0 Å². The van der Waals surface area contributed by atoms with Gasteiger partial charge in [0, 0.05) is 38.2 Å². The van der Waals surface area contributed by atoms with Crippen molar-refractivity contribution in [2.45, 2.75) is 51.4 Å². The predicted octanol–water partition coefficient (Wildman–Crippen LogP) is 3.27. The highest BCUT2D eigenvalue weighted by molar-refractivity contribution is 5.79. The summed E-state index contributed by atoms with van der Waals surface area (Å²) < 4.78 is 5.38. The van der Waals surface area contributed by atoms with Gasteiger partial charge in [0.2, 0.25) is 11.8 Å². The van der Waals surface area contributed by atoms with Crippen LogP contribution in [0.3, 0.4) is 0 Å². The molecule has 5 heteroatoms. The van der Waals surface area contributed by atoms with E-state index in [-0.39, 0.29) is 11.3 Å². The summed E-state index contributed by atoms with van der Waals surface area (Å²) in [4.78, 5) is 29.4. The monoisotopic (exact) mass is 384 g/mol. The van der Waals surface area contributed by atoms with Crippen LogP contribution in [-0.2, 0) is 16.0 Å². The molecule has 0 unspecified atom stereocenters. The first-order chi connectivity index (χ1) is 13.6. The van der Waals surface area contributed by atoms with Crippen molar-refractivity contribution >= 4 is 11.8 Å². The average molecular weight is 385 g/mol. The van der Waals surface area contributed by atoms with Crippen LogP contribution >= 0.6 is 0 Å². The van der Waals surface area contributed by atoms with E-state index in [1.807, 2.05) is 29.2 Å². The zero-order valence-electron chi connectivity index (χ0n) is 17.0. The number of carbonyl (C=O) groups is 2. The second-order valence-electron chi connectivity index (χ2n) is 8.90. The van der Waals surface area contributed by atoms with E-state index in [0.29, 0.717) is 18.7 Å². The summed E-state index contributed by atoms with van der Waals surface area (Å²) in [6.45, 7) is 3.50. The van der Waals surface area contributed by atoms with Crippen LogP contribution in [0.1, 0.15) is 50.5 Å². The molecule has 0 bridgehead atoms. The van der Waals surface area contributed by atoms with Gasteiger partial charge in [0.05, 0.1) is 13.5 Å². The van der Waals surface area contributed by atoms with Gasteiger partial charge < -0.3 is 14.5 Å². The highest BCUT2D eigenvalue weighted by Gasteiger charge is 2.39. The molecular weight excluding hydrogens is 352 g/mol. The molecule has 2 heterocycles. The van der Waals surface area contributed by atoms with Gasteiger partial charge in [-0.25, -0.2) is 0 Å². The third-order valence-electron chi connectivity index (χ3n) is 7.02. The highest BCUT2D eigenvalue weighted by Crippen LogP contribution is 2.42. The maximum Gasteiger partial charge on any atom is 0.227 e. The standard InChI is InChI=1S/C23H32N2O3/c1-28-20-5-3-2-4-19(20)16-22(27)24-13-10-23(11-14-24)9-8-21(26)25(15-12-23)17-18-6-7-18/h2-5,18H,6-17H2,1H3. The minimum atomic E-state index is 0.180. The van der Waals surface area contributed by atoms with Crippen LogP contribution in [0, 0.1) is 11.3 Å². The average Bonchev–Trinajstić information content (AvgIpc) is 3.55. The molecule has 1 aromatic rings. The first kappa shape index (κ1) is 19.3. The summed E-state index contributed by atoms with van der Waals surface area (Å²) in [7, 11) is 1.65. The van der Waals surface area contributed by atoms with Crippen molar-refractivity contribution in [3.05, 3.63) is 29.8 Å². The van der Waals surface area contributed by atoms with Gasteiger partial charge in [-0.05, 0) is 55.9 Å². The highest BCUT2D eigenvalue weighted by atomic mass is 16.5. The fourth-order valence-corrected chi connectivity index (χ4v) is 4.81. The van der Waals surface area contributed by atoms with Crippen LogP contribution in [0.25, 0.3) is 0 Å². The van der Waals surface area contributed by atoms with Gasteiger partial charge in [-0.3, -0.25) is 9.59 Å². The van der Waals surface area contributed by atoms with Crippen LogP contribution in [0.4, 0.5) is 0 Å². The summed E-state index contributed by atoms with van der Waals surface area (Å²) >= 11 is 0. The van der Waals surface area contributed by atoms with Crippen molar-refractivity contribution in [2.24, 2.45) is 11.3 Å². The lowest BCUT2D eigenvalue weighted by Gasteiger charge is -2.41. The van der Waals surface area contributed by atoms with Crippen LogP contribution in [-0.4, -0.2) is 54.9 Å². The van der Waals surface area contributed by atoms with Gasteiger partial charge in [0.25, 0.3) is 0 Å². The molecule has 28 heavy (non-hydrogen) atoms. The Kier molecular flexibility index (Phi) is 5.61. The lowest BCUT2D eigenvalue weighted by molar-refractivity contribution is -0.133. The molecule has 1 aliphatic carbocycles. The number of rotatable bonds is 5. The van der Waals surface area contributed by atoms with Crippen LogP contribution in [0.5, 0.6) is 5.75 Å². The number of carbonyl (C=O) groups excluding carboxylic acids is 2. The van der Waals surface area contributed by atoms with Crippen LogP contribution < -0.4 is 4.74 Å². The molecule has 152 valence electrons. The zero-order valence-corrected chi connectivity index (χ0v) is 17.0. The van der Waals surface area contributed by atoms with Crippen molar-refractivity contribution in [2.75, 3.05) is 33.3 Å². The first-order valence-electron chi connectivity index (χ1n) is 10.8. The normalized spacial score (nSPS) is 22.2. The number of hydrogen-bond acceptors (Lipinski definition) is 3. The van der Waals surface area contributed by atoms with Crippen LogP contribution in [0.2, 0.25) is 0 Å². The Hall–Kier alpha value is -2.04. The third-order valence-corrected chi connectivity index (χ3v) is 7.02. The number of amides is 2. The molecule has 2 aliphatic heterocycles. The second kappa shape index (κ2) is 8.14. The Labute approximate surface area is 168 Å². The van der Waals surface area contributed by atoms with Gasteiger partial charge >= 0.3 is 0 Å². The van der Waals surface area contributed by atoms with Gasteiger partial charge in [-0.15, -0.1) is 0 Å². The summed E-state index contributed by atoms with van der Waals surface area (Å²) in [6, 6.07) is 7.75. The van der Waals surface area contributed by atoms with E-state index >= 15 is 0 Å². The molecule has 0 N–H and O–H groups in total. The summed E-state index contributed by atoms with van der Waals surface area (Å²) in [5.41, 5.74) is 1.20. The SMILES string of the molecule is COc1ccccc1CC(=O)N1CCC2(CCC(=O)N(CC3CC3)CC2)CC1. The van der Waals surface area contributed by atoms with Crippen LogP contribution in [0.15, 0.2) is 24.3 Å². The number of hydrogen-bond donors (Lipinski definition) is 0. The smallest absolute Gasteiger partial charge is 0.227 e. The van der Waals surface area contributed by atoms with E-state index in [1.54, 1.807) is 7.11 Å². The van der Waals surface area contributed by atoms with Crippen molar-refractivity contribution in [3.63, 3.8) is 0 Å². The third kappa shape index (κ3) is 4.34. The van der Waals surface area contributed by atoms with Crippen molar-refractivity contribution in [3.8, 4) is 5.75 Å². The van der Waals surface area contributed by atoms with E-state index in [1.165, 1.54) is 12.8 Å². The molecule has 3 fully saturated rings. The molecule has 4 rings (SSSR count). The molecule has 5 nitrogen and oxygen atoms in total. The summed E-state index contributed by atoms with van der Waals surface area (Å²) in [6.07, 6.45) is 7.79.